The molecule has 0 spiro atoms. The molecule has 0 fully saturated rings. The second kappa shape index (κ2) is 8.78. The van der Waals surface area contributed by atoms with E-state index in [0.29, 0.717) is 27.3 Å². The summed E-state index contributed by atoms with van der Waals surface area (Å²) in [5, 5.41) is 6.67. The van der Waals surface area contributed by atoms with E-state index < -0.39 is 5.91 Å². The molecule has 3 aromatic rings. The van der Waals surface area contributed by atoms with Crippen molar-refractivity contribution in [3.05, 3.63) is 76.0 Å². The third-order valence-electron chi connectivity index (χ3n) is 4.10. The van der Waals surface area contributed by atoms with Gasteiger partial charge in [-0.1, -0.05) is 61.3 Å². The van der Waals surface area contributed by atoms with Crippen LogP contribution in [0.25, 0.3) is 11.3 Å². The molecule has 0 aliphatic heterocycles. The largest absolute Gasteiger partial charge is 0.451 e. The number of nitrogens with one attached hydrogen (secondary N) is 2. The van der Waals surface area contributed by atoms with Gasteiger partial charge in [-0.05, 0) is 54.0 Å². The molecule has 0 saturated heterocycles. The van der Waals surface area contributed by atoms with Crippen molar-refractivity contribution >= 4 is 52.1 Å². The second-order valence-electron chi connectivity index (χ2n) is 6.42. The first-order chi connectivity index (χ1) is 13.4. The van der Waals surface area contributed by atoms with Gasteiger partial charge in [0.25, 0.3) is 5.91 Å². The molecule has 0 bridgehead atoms. The molecule has 0 aliphatic rings. The van der Waals surface area contributed by atoms with Crippen LogP contribution in [0.2, 0.25) is 10.0 Å². The summed E-state index contributed by atoms with van der Waals surface area (Å²) >= 11 is 17.5. The summed E-state index contributed by atoms with van der Waals surface area (Å²) in [4.78, 5) is 12.5. The van der Waals surface area contributed by atoms with E-state index in [0.717, 1.165) is 11.3 Å². The fraction of sp³-hybridized carbons (Fsp3) is 0.143. The number of benzene rings is 2. The lowest BCUT2D eigenvalue weighted by molar-refractivity contribution is 0.0951. The van der Waals surface area contributed by atoms with Crippen molar-refractivity contribution in [2.24, 2.45) is 0 Å². The van der Waals surface area contributed by atoms with Gasteiger partial charge in [0.1, 0.15) is 5.76 Å². The van der Waals surface area contributed by atoms with Gasteiger partial charge in [0.15, 0.2) is 10.9 Å². The number of carbonyl (C=O) groups excluding carboxylic acids is 1. The topological polar surface area (TPSA) is 54.3 Å². The maximum absolute atomic E-state index is 12.5. The van der Waals surface area contributed by atoms with E-state index in [4.69, 9.17) is 39.8 Å². The number of rotatable bonds is 4. The van der Waals surface area contributed by atoms with Gasteiger partial charge in [-0.2, -0.15) is 0 Å². The molecule has 2 N–H and O–H groups in total. The first-order valence-corrected chi connectivity index (χ1v) is 9.78. The molecule has 7 heteroatoms. The Morgan fingerprint density at radius 2 is 1.79 bits per heavy atom. The Balaban J connectivity index is 1.71. The Morgan fingerprint density at radius 1 is 1.04 bits per heavy atom. The van der Waals surface area contributed by atoms with Crippen LogP contribution >= 0.6 is 35.4 Å². The average Bonchev–Trinajstić information content (AvgIpc) is 3.14. The third kappa shape index (κ3) is 4.55. The molecule has 3 rings (SSSR count). The fourth-order valence-electron chi connectivity index (χ4n) is 2.73. The zero-order valence-corrected chi connectivity index (χ0v) is 17.6. The minimum atomic E-state index is -0.455. The standard InChI is InChI=1S/C21H18Cl2N2O2S/c1-12(2)13-6-3-4-9-16(13)24-21(28)25-20(26)18-11-10-17(27-18)14-7-5-8-15(22)19(14)23/h3-12H,1-2H3,(H2,24,25,26,28). The summed E-state index contributed by atoms with van der Waals surface area (Å²) in [6.45, 7) is 4.18. The van der Waals surface area contributed by atoms with Crippen LogP contribution in [0.5, 0.6) is 0 Å². The van der Waals surface area contributed by atoms with Crippen LogP contribution < -0.4 is 10.6 Å². The zero-order valence-electron chi connectivity index (χ0n) is 15.3. The monoisotopic (exact) mass is 432 g/mol. The molecule has 0 aliphatic carbocycles. The van der Waals surface area contributed by atoms with Crippen LogP contribution in [0.3, 0.4) is 0 Å². The highest BCUT2D eigenvalue weighted by Gasteiger charge is 2.16. The molecule has 1 amide bonds. The quantitative estimate of drug-likeness (QED) is 0.461. The minimum absolute atomic E-state index is 0.118. The summed E-state index contributed by atoms with van der Waals surface area (Å²) < 4.78 is 5.64. The van der Waals surface area contributed by atoms with Crippen LogP contribution in [-0.2, 0) is 0 Å². The molecule has 0 unspecified atom stereocenters. The van der Waals surface area contributed by atoms with Gasteiger partial charge >= 0.3 is 0 Å². The molecule has 1 heterocycles. The molecule has 1 aromatic heterocycles. The van der Waals surface area contributed by atoms with Crippen LogP contribution in [-0.4, -0.2) is 11.0 Å². The van der Waals surface area contributed by atoms with E-state index in [1.54, 1.807) is 30.3 Å². The van der Waals surface area contributed by atoms with Gasteiger partial charge in [-0.15, -0.1) is 0 Å². The van der Waals surface area contributed by atoms with Crippen molar-refractivity contribution < 1.29 is 9.21 Å². The Morgan fingerprint density at radius 3 is 2.54 bits per heavy atom. The molecule has 0 atom stereocenters. The van der Waals surface area contributed by atoms with Crippen molar-refractivity contribution in [2.45, 2.75) is 19.8 Å². The molecular weight excluding hydrogens is 415 g/mol. The molecule has 4 nitrogen and oxygen atoms in total. The molecule has 144 valence electrons. The molecular formula is C21H18Cl2N2O2S. The van der Waals surface area contributed by atoms with Crippen LogP contribution in [0.15, 0.2) is 59.0 Å². The normalized spacial score (nSPS) is 10.8. The van der Waals surface area contributed by atoms with Gasteiger partial charge in [-0.25, -0.2) is 0 Å². The summed E-state index contributed by atoms with van der Waals surface area (Å²) in [7, 11) is 0. The lowest BCUT2D eigenvalue weighted by Gasteiger charge is -2.15. The van der Waals surface area contributed by atoms with Gasteiger partial charge in [-0.3, -0.25) is 10.1 Å². The SMILES string of the molecule is CC(C)c1ccccc1NC(=S)NC(=O)c1ccc(-c2cccc(Cl)c2Cl)o1. The molecule has 2 aromatic carbocycles. The van der Waals surface area contributed by atoms with E-state index in [1.807, 2.05) is 24.3 Å². The number of carbonyl (C=O) groups is 1. The Labute approximate surface area is 178 Å². The predicted molar refractivity (Wildman–Crippen MR) is 118 cm³/mol. The predicted octanol–water partition coefficient (Wildman–Crippen LogP) is 6.50. The first kappa shape index (κ1) is 20.4. The molecule has 0 radical (unpaired) electrons. The van der Waals surface area contributed by atoms with Gasteiger partial charge in [0.2, 0.25) is 0 Å². The van der Waals surface area contributed by atoms with Crippen molar-refractivity contribution in [1.29, 1.82) is 0 Å². The maximum Gasteiger partial charge on any atom is 0.293 e. The first-order valence-electron chi connectivity index (χ1n) is 8.62. The van der Waals surface area contributed by atoms with Crippen LogP contribution in [0, 0.1) is 0 Å². The minimum Gasteiger partial charge on any atom is -0.451 e. The number of halogens is 2. The smallest absolute Gasteiger partial charge is 0.293 e. The van der Waals surface area contributed by atoms with Crippen LogP contribution in [0.4, 0.5) is 5.69 Å². The number of para-hydroxylation sites is 1. The molecule has 28 heavy (non-hydrogen) atoms. The number of thiocarbonyl (C=S) groups is 1. The lowest BCUT2D eigenvalue weighted by atomic mass is 10.0. The van der Waals surface area contributed by atoms with Gasteiger partial charge < -0.3 is 9.73 Å². The van der Waals surface area contributed by atoms with Crippen molar-refractivity contribution in [3.63, 3.8) is 0 Å². The second-order valence-corrected chi connectivity index (χ2v) is 7.61. The zero-order chi connectivity index (χ0) is 20.3. The summed E-state index contributed by atoms with van der Waals surface area (Å²) in [5.41, 5.74) is 2.57. The summed E-state index contributed by atoms with van der Waals surface area (Å²) in [6.07, 6.45) is 0. The van der Waals surface area contributed by atoms with Crippen molar-refractivity contribution in [2.75, 3.05) is 5.32 Å². The highest BCUT2D eigenvalue weighted by molar-refractivity contribution is 7.80. The number of anilines is 1. The highest BCUT2D eigenvalue weighted by Crippen LogP contribution is 2.34. The number of hydrogen-bond acceptors (Lipinski definition) is 3. The average molecular weight is 433 g/mol. The number of furan rings is 1. The molecule has 0 saturated carbocycles. The van der Waals surface area contributed by atoms with Crippen molar-refractivity contribution in [1.82, 2.24) is 5.32 Å². The Hall–Kier alpha value is -2.34. The fourth-order valence-corrected chi connectivity index (χ4v) is 3.33. The highest BCUT2D eigenvalue weighted by atomic mass is 35.5. The third-order valence-corrected chi connectivity index (χ3v) is 5.13. The summed E-state index contributed by atoms with van der Waals surface area (Å²) in [6, 6.07) is 16.2. The number of hydrogen-bond donors (Lipinski definition) is 2. The van der Waals surface area contributed by atoms with Gasteiger partial charge in [0, 0.05) is 11.3 Å². The van der Waals surface area contributed by atoms with E-state index in [1.165, 1.54) is 0 Å². The van der Waals surface area contributed by atoms with Crippen molar-refractivity contribution in [3.8, 4) is 11.3 Å². The van der Waals surface area contributed by atoms with E-state index >= 15 is 0 Å². The van der Waals surface area contributed by atoms with E-state index in [-0.39, 0.29) is 10.9 Å². The van der Waals surface area contributed by atoms with E-state index in [2.05, 4.69) is 24.5 Å². The Kier molecular flexibility index (Phi) is 6.39. The Bertz CT molecular complexity index is 1030. The van der Waals surface area contributed by atoms with E-state index in [9.17, 15) is 4.79 Å². The van der Waals surface area contributed by atoms with Crippen LogP contribution in [0.1, 0.15) is 35.9 Å². The lowest BCUT2D eigenvalue weighted by Crippen LogP contribution is -2.34. The number of amides is 1. The van der Waals surface area contributed by atoms with Gasteiger partial charge in [0.05, 0.1) is 10.0 Å². The summed E-state index contributed by atoms with van der Waals surface area (Å²) in [5.74, 6) is 0.426. The maximum atomic E-state index is 12.5.